The summed E-state index contributed by atoms with van der Waals surface area (Å²) in [5.74, 6) is 2.47. The average molecular weight is 413 g/mol. The summed E-state index contributed by atoms with van der Waals surface area (Å²) >= 11 is 0. The van der Waals surface area contributed by atoms with E-state index in [0.29, 0.717) is 12.6 Å². The molecule has 2 aliphatic rings. The average Bonchev–Trinajstić information content (AvgIpc) is 2.79. The maximum atomic E-state index is 5.77. The van der Waals surface area contributed by atoms with E-state index in [1.807, 2.05) is 13.0 Å². The van der Waals surface area contributed by atoms with Crippen LogP contribution < -0.4 is 19.1 Å². The monoisotopic (exact) mass is 412 g/mol. The second-order valence-electron chi connectivity index (χ2n) is 7.85. The van der Waals surface area contributed by atoms with Crippen LogP contribution >= 0.6 is 0 Å². The molecular formula is C24H32N2O4. The van der Waals surface area contributed by atoms with Crippen molar-refractivity contribution >= 4 is 5.69 Å². The summed E-state index contributed by atoms with van der Waals surface area (Å²) in [6.45, 7) is 7.02. The van der Waals surface area contributed by atoms with Crippen molar-refractivity contribution in [1.29, 1.82) is 0 Å². The lowest BCUT2D eigenvalue weighted by molar-refractivity contribution is 0.0793. The minimum Gasteiger partial charge on any atom is -0.494 e. The SMILES string of the molecule is CCOc1ccc2c(c1)CN(Cc1ccc(OC)c(OC)c1)CN2C1CCOCC1. The highest BCUT2D eigenvalue weighted by atomic mass is 16.5. The molecule has 0 amide bonds. The first-order valence-corrected chi connectivity index (χ1v) is 10.7. The summed E-state index contributed by atoms with van der Waals surface area (Å²) in [6, 6.07) is 13.2. The molecule has 30 heavy (non-hydrogen) atoms. The summed E-state index contributed by atoms with van der Waals surface area (Å²) in [4.78, 5) is 5.03. The molecule has 4 rings (SSSR count). The summed E-state index contributed by atoms with van der Waals surface area (Å²) in [7, 11) is 3.35. The van der Waals surface area contributed by atoms with Crippen molar-refractivity contribution in [3.05, 3.63) is 47.5 Å². The molecule has 0 unspecified atom stereocenters. The molecular weight excluding hydrogens is 380 g/mol. The van der Waals surface area contributed by atoms with E-state index in [9.17, 15) is 0 Å². The van der Waals surface area contributed by atoms with Gasteiger partial charge in [0.1, 0.15) is 5.75 Å². The van der Waals surface area contributed by atoms with Crippen LogP contribution in [0.2, 0.25) is 0 Å². The zero-order valence-corrected chi connectivity index (χ0v) is 18.2. The van der Waals surface area contributed by atoms with Gasteiger partial charge in [-0.2, -0.15) is 0 Å². The number of fused-ring (bicyclic) bond motifs is 1. The Bertz CT molecular complexity index is 851. The van der Waals surface area contributed by atoms with Gasteiger partial charge in [0.15, 0.2) is 11.5 Å². The molecule has 0 bridgehead atoms. The van der Waals surface area contributed by atoms with Gasteiger partial charge in [-0.05, 0) is 61.2 Å². The maximum Gasteiger partial charge on any atom is 0.161 e. The van der Waals surface area contributed by atoms with Crippen LogP contribution in [0.15, 0.2) is 36.4 Å². The standard InChI is InChI=1S/C24H32N2O4/c1-4-30-21-6-7-22-19(14-21)16-25(17-26(22)20-9-11-29-12-10-20)15-18-5-8-23(27-2)24(13-18)28-3/h5-8,13-14,20H,4,9-12,15-17H2,1-3H3. The van der Waals surface area contributed by atoms with Crippen molar-refractivity contribution in [2.24, 2.45) is 0 Å². The predicted octanol–water partition coefficient (Wildman–Crippen LogP) is 4.06. The van der Waals surface area contributed by atoms with E-state index in [1.54, 1.807) is 14.2 Å². The van der Waals surface area contributed by atoms with Crippen LogP contribution in [0.5, 0.6) is 17.2 Å². The van der Waals surface area contributed by atoms with Gasteiger partial charge in [0, 0.05) is 38.0 Å². The van der Waals surface area contributed by atoms with E-state index in [1.165, 1.54) is 16.8 Å². The molecule has 0 aliphatic carbocycles. The van der Waals surface area contributed by atoms with Crippen LogP contribution in [0.3, 0.4) is 0 Å². The molecule has 0 saturated carbocycles. The van der Waals surface area contributed by atoms with E-state index in [0.717, 1.165) is 63.1 Å². The molecule has 1 saturated heterocycles. The van der Waals surface area contributed by atoms with Crippen molar-refractivity contribution in [3.8, 4) is 17.2 Å². The second-order valence-corrected chi connectivity index (χ2v) is 7.85. The Balaban J connectivity index is 1.59. The van der Waals surface area contributed by atoms with Gasteiger partial charge in [0.2, 0.25) is 0 Å². The van der Waals surface area contributed by atoms with E-state index in [-0.39, 0.29) is 0 Å². The van der Waals surface area contributed by atoms with Crippen molar-refractivity contribution in [2.45, 2.75) is 38.9 Å². The third-order valence-corrected chi connectivity index (χ3v) is 5.90. The lowest BCUT2D eigenvalue weighted by atomic mass is 10.0. The molecule has 1 fully saturated rings. The van der Waals surface area contributed by atoms with E-state index < -0.39 is 0 Å². The predicted molar refractivity (Wildman–Crippen MR) is 118 cm³/mol. The fourth-order valence-corrected chi connectivity index (χ4v) is 4.46. The van der Waals surface area contributed by atoms with E-state index in [4.69, 9.17) is 18.9 Å². The second kappa shape index (κ2) is 9.58. The Labute approximate surface area is 179 Å². The Morgan fingerprint density at radius 2 is 1.80 bits per heavy atom. The Kier molecular flexibility index (Phi) is 6.65. The van der Waals surface area contributed by atoms with Gasteiger partial charge < -0.3 is 23.8 Å². The number of rotatable bonds is 7. The molecule has 2 aliphatic heterocycles. The third kappa shape index (κ3) is 4.50. The van der Waals surface area contributed by atoms with E-state index in [2.05, 4.69) is 40.1 Å². The van der Waals surface area contributed by atoms with Crippen molar-refractivity contribution in [2.75, 3.05) is 45.6 Å². The zero-order chi connectivity index (χ0) is 20.9. The molecule has 162 valence electrons. The summed E-state index contributed by atoms with van der Waals surface area (Å²) in [6.07, 6.45) is 2.13. The largest absolute Gasteiger partial charge is 0.494 e. The number of hydrogen-bond acceptors (Lipinski definition) is 6. The topological polar surface area (TPSA) is 43.4 Å². The summed E-state index contributed by atoms with van der Waals surface area (Å²) < 4.78 is 22.3. The minimum atomic E-state index is 0.503. The minimum absolute atomic E-state index is 0.503. The molecule has 2 aromatic carbocycles. The number of hydrogen-bond donors (Lipinski definition) is 0. The van der Waals surface area contributed by atoms with Gasteiger partial charge in [-0.25, -0.2) is 0 Å². The van der Waals surface area contributed by atoms with Crippen molar-refractivity contribution in [3.63, 3.8) is 0 Å². The van der Waals surface area contributed by atoms with Crippen molar-refractivity contribution < 1.29 is 18.9 Å². The van der Waals surface area contributed by atoms with Crippen LogP contribution in [0.25, 0.3) is 0 Å². The quantitative estimate of drug-likeness (QED) is 0.683. The number of benzene rings is 2. The van der Waals surface area contributed by atoms with Crippen LogP contribution in [0.4, 0.5) is 5.69 Å². The Morgan fingerprint density at radius 3 is 2.53 bits per heavy atom. The number of nitrogens with zero attached hydrogens (tertiary/aromatic N) is 2. The van der Waals surface area contributed by atoms with Gasteiger partial charge in [-0.3, -0.25) is 4.90 Å². The molecule has 0 radical (unpaired) electrons. The third-order valence-electron chi connectivity index (χ3n) is 5.90. The van der Waals surface area contributed by atoms with Crippen LogP contribution in [0.1, 0.15) is 30.9 Å². The molecule has 0 atom stereocenters. The number of anilines is 1. The maximum absolute atomic E-state index is 5.77. The van der Waals surface area contributed by atoms with Crippen LogP contribution in [0, 0.1) is 0 Å². The summed E-state index contributed by atoms with van der Waals surface area (Å²) in [5.41, 5.74) is 3.86. The van der Waals surface area contributed by atoms with Crippen LogP contribution in [-0.4, -0.2) is 51.7 Å². The lowest BCUT2D eigenvalue weighted by Crippen LogP contribution is -2.49. The molecule has 0 spiro atoms. The zero-order valence-electron chi connectivity index (χ0n) is 18.2. The highest BCUT2D eigenvalue weighted by Gasteiger charge is 2.29. The Hall–Kier alpha value is -2.44. The van der Waals surface area contributed by atoms with Crippen molar-refractivity contribution in [1.82, 2.24) is 4.90 Å². The molecule has 6 nitrogen and oxygen atoms in total. The first kappa shape index (κ1) is 20.8. The van der Waals surface area contributed by atoms with Gasteiger partial charge in [-0.15, -0.1) is 0 Å². The van der Waals surface area contributed by atoms with Crippen LogP contribution in [-0.2, 0) is 17.8 Å². The highest BCUT2D eigenvalue weighted by Crippen LogP contribution is 2.35. The molecule has 2 heterocycles. The number of methoxy groups -OCH3 is 2. The van der Waals surface area contributed by atoms with Gasteiger partial charge in [0.25, 0.3) is 0 Å². The first-order chi connectivity index (χ1) is 14.7. The summed E-state index contributed by atoms with van der Waals surface area (Å²) in [5, 5.41) is 0. The fraction of sp³-hybridized carbons (Fsp3) is 0.500. The first-order valence-electron chi connectivity index (χ1n) is 10.7. The molecule has 0 N–H and O–H groups in total. The normalized spacial score (nSPS) is 17.5. The highest BCUT2D eigenvalue weighted by molar-refractivity contribution is 5.58. The van der Waals surface area contributed by atoms with E-state index >= 15 is 0 Å². The lowest BCUT2D eigenvalue weighted by Gasteiger charge is -2.44. The molecule has 2 aromatic rings. The fourth-order valence-electron chi connectivity index (χ4n) is 4.46. The number of ether oxygens (including phenoxy) is 4. The Morgan fingerprint density at radius 1 is 1.00 bits per heavy atom. The van der Waals surface area contributed by atoms with Gasteiger partial charge >= 0.3 is 0 Å². The molecule has 0 aromatic heterocycles. The smallest absolute Gasteiger partial charge is 0.161 e. The van der Waals surface area contributed by atoms with Gasteiger partial charge in [-0.1, -0.05) is 6.07 Å². The molecule has 6 heteroatoms. The van der Waals surface area contributed by atoms with Gasteiger partial charge in [0.05, 0.1) is 27.5 Å².